The highest BCUT2D eigenvalue weighted by Crippen LogP contribution is 2.19. The molecule has 0 spiro atoms. The van der Waals surface area contributed by atoms with Crippen molar-refractivity contribution >= 4 is 6.08 Å². The molecule has 1 aliphatic rings. The number of nitrogens with one attached hydrogen (secondary N) is 1. The van der Waals surface area contributed by atoms with Crippen molar-refractivity contribution in [1.29, 1.82) is 0 Å². The molecular formula is C7H7N3O. The van der Waals surface area contributed by atoms with Gasteiger partial charge in [0, 0.05) is 0 Å². The largest absolute Gasteiger partial charge is 0.493 e. The number of fused-ring (bicyclic) bond motifs is 1. The first-order chi connectivity index (χ1) is 5.38. The second-order valence-corrected chi connectivity index (χ2v) is 2.27. The van der Waals surface area contributed by atoms with Crippen LogP contribution in [0.5, 0.6) is 5.88 Å². The Hall–Kier alpha value is -1.58. The summed E-state index contributed by atoms with van der Waals surface area (Å²) in [6.45, 7) is 0.655. The number of aromatic nitrogens is 2. The zero-order chi connectivity index (χ0) is 7.68. The summed E-state index contributed by atoms with van der Waals surface area (Å²) in [5, 5.41) is 12.2. The van der Waals surface area contributed by atoms with Crippen LogP contribution < -0.4 is 5.32 Å². The second kappa shape index (κ2) is 2.23. The minimum atomic E-state index is 0.0488. The van der Waals surface area contributed by atoms with Crippen molar-refractivity contribution in [3.8, 4) is 5.88 Å². The van der Waals surface area contributed by atoms with Gasteiger partial charge in [0.05, 0.1) is 17.8 Å². The van der Waals surface area contributed by atoms with Gasteiger partial charge in [-0.25, -0.2) is 9.97 Å². The van der Waals surface area contributed by atoms with Crippen LogP contribution in [0.25, 0.3) is 6.08 Å². The van der Waals surface area contributed by atoms with Gasteiger partial charge in [-0.3, -0.25) is 0 Å². The molecule has 4 nitrogen and oxygen atoms in total. The van der Waals surface area contributed by atoms with E-state index in [1.165, 1.54) is 6.33 Å². The van der Waals surface area contributed by atoms with Crippen LogP contribution in [0.4, 0.5) is 0 Å². The summed E-state index contributed by atoms with van der Waals surface area (Å²) in [5.74, 6) is 0.0488. The first-order valence-corrected chi connectivity index (χ1v) is 3.31. The lowest BCUT2D eigenvalue weighted by atomic mass is 10.2. The van der Waals surface area contributed by atoms with Crippen molar-refractivity contribution in [2.45, 2.75) is 6.54 Å². The molecule has 0 amide bonds. The topological polar surface area (TPSA) is 58.0 Å². The minimum Gasteiger partial charge on any atom is -0.493 e. The Morgan fingerprint density at radius 2 is 2.36 bits per heavy atom. The molecule has 1 aromatic rings. The molecular weight excluding hydrogens is 142 g/mol. The normalized spacial score (nSPS) is 13.8. The van der Waals surface area contributed by atoms with Crippen molar-refractivity contribution in [1.82, 2.24) is 15.3 Å². The summed E-state index contributed by atoms with van der Waals surface area (Å²) in [6.07, 6.45) is 4.88. The number of nitrogens with zero attached hydrogens (tertiary/aromatic N) is 2. The van der Waals surface area contributed by atoms with Crippen LogP contribution in [-0.2, 0) is 6.54 Å². The lowest BCUT2D eigenvalue weighted by Gasteiger charge is -2.10. The van der Waals surface area contributed by atoms with E-state index in [1.54, 1.807) is 12.3 Å². The number of aromatic hydroxyl groups is 1. The Morgan fingerprint density at radius 1 is 1.45 bits per heavy atom. The second-order valence-electron chi connectivity index (χ2n) is 2.27. The van der Waals surface area contributed by atoms with Crippen LogP contribution in [0.3, 0.4) is 0 Å². The zero-order valence-electron chi connectivity index (χ0n) is 5.78. The Bertz CT molecular complexity index is 309. The van der Waals surface area contributed by atoms with Gasteiger partial charge in [0.15, 0.2) is 0 Å². The van der Waals surface area contributed by atoms with E-state index in [0.717, 1.165) is 5.69 Å². The zero-order valence-corrected chi connectivity index (χ0v) is 5.78. The summed E-state index contributed by atoms with van der Waals surface area (Å²) in [7, 11) is 0. The van der Waals surface area contributed by atoms with Crippen LogP contribution in [0.1, 0.15) is 11.3 Å². The van der Waals surface area contributed by atoms with E-state index in [1.807, 2.05) is 0 Å². The maximum absolute atomic E-state index is 9.23. The molecule has 0 aromatic carbocycles. The van der Waals surface area contributed by atoms with Gasteiger partial charge in [-0.2, -0.15) is 0 Å². The van der Waals surface area contributed by atoms with E-state index in [9.17, 15) is 5.11 Å². The average molecular weight is 149 g/mol. The summed E-state index contributed by atoms with van der Waals surface area (Å²) in [5.41, 5.74) is 1.55. The molecule has 11 heavy (non-hydrogen) atoms. The van der Waals surface area contributed by atoms with E-state index in [-0.39, 0.29) is 5.88 Å². The van der Waals surface area contributed by atoms with E-state index in [2.05, 4.69) is 15.3 Å². The van der Waals surface area contributed by atoms with Gasteiger partial charge >= 0.3 is 0 Å². The maximum atomic E-state index is 9.23. The smallest absolute Gasteiger partial charge is 0.221 e. The summed E-state index contributed by atoms with van der Waals surface area (Å²) < 4.78 is 0. The highest BCUT2D eigenvalue weighted by atomic mass is 16.3. The highest BCUT2D eigenvalue weighted by molar-refractivity contribution is 5.57. The Balaban J connectivity index is 2.60. The third-order valence-electron chi connectivity index (χ3n) is 1.58. The Morgan fingerprint density at radius 3 is 3.18 bits per heavy atom. The van der Waals surface area contributed by atoms with E-state index >= 15 is 0 Å². The van der Waals surface area contributed by atoms with E-state index < -0.39 is 0 Å². The van der Waals surface area contributed by atoms with Crippen molar-refractivity contribution in [2.75, 3.05) is 0 Å². The van der Waals surface area contributed by atoms with Crippen LogP contribution >= 0.6 is 0 Å². The molecule has 0 aliphatic carbocycles. The lowest BCUT2D eigenvalue weighted by molar-refractivity contribution is 0.448. The van der Waals surface area contributed by atoms with Gasteiger partial charge in [-0.1, -0.05) is 0 Å². The quantitative estimate of drug-likeness (QED) is 0.555. The fourth-order valence-electron chi connectivity index (χ4n) is 1.03. The van der Waals surface area contributed by atoms with Gasteiger partial charge in [-0.15, -0.1) is 0 Å². The minimum absolute atomic E-state index is 0.0488. The van der Waals surface area contributed by atoms with Crippen molar-refractivity contribution in [3.05, 3.63) is 23.8 Å². The van der Waals surface area contributed by atoms with Gasteiger partial charge in [0.2, 0.25) is 5.88 Å². The molecule has 2 heterocycles. The SMILES string of the molecule is Oc1ncnc2c1C=CNC2. The number of hydrogen-bond donors (Lipinski definition) is 2. The molecule has 0 radical (unpaired) electrons. The molecule has 2 N–H and O–H groups in total. The van der Waals surface area contributed by atoms with Crippen molar-refractivity contribution in [3.63, 3.8) is 0 Å². The molecule has 2 rings (SSSR count). The van der Waals surface area contributed by atoms with E-state index in [4.69, 9.17) is 0 Å². The standard InChI is InChI=1S/C7H7N3O/c11-7-5-1-2-8-3-6(5)9-4-10-7/h1-2,4,8H,3H2,(H,9,10,11). The molecule has 0 bridgehead atoms. The van der Waals surface area contributed by atoms with Crippen LogP contribution in [0.2, 0.25) is 0 Å². The molecule has 0 unspecified atom stereocenters. The third-order valence-corrected chi connectivity index (χ3v) is 1.58. The molecule has 0 fully saturated rings. The Kier molecular flexibility index (Phi) is 1.25. The monoisotopic (exact) mass is 149 g/mol. The first kappa shape index (κ1) is 6.15. The molecule has 0 atom stereocenters. The number of rotatable bonds is 0. The van der Waals surface area contributed by atoms with Crippen molar-refractivity contribution in [2.24, 2.45) is 0 Å². The van der Waals surface area contributed by atoms with Crippen LogP contribution in [0.15, 0.2) is 12.5 Å². The summed E-state index contributed by atoms with van der Waals surface area (Å²) >= 11 is 0. The average Bonchev–Trinajstić information content (AvgIpc) is 2.06. The van der Waals surface area contributed by atoms with E-state index in [0.29, 0.717) is 12.1 Å². The first-order valence-electron chi connectivity index (χ1n) is 3.31. The number of hydrogen-bond acceptors (Lipinski definition) is 4. The molecule has 4 heteroatoms. The molecule has 1 aromatic heterocycles. The predicted molar refractivity (Wildman–Crippen MR) is 39.6 cm³/mol. The van der Waals surface area contributed by atoms with Crippen LogP contribution in [0, 0.1) is 0 Å². The van der Waals surface area contributed by atoms with Gasteiger partial charge in [0.1, 0.15) is 6.33 Å². The predicted octanol–water partition coefficient (Wildman–Crippen LogP) is 0.256. The van der Waals surface area contributed by atoms with Crippen molar-refractivity contribution < 1.29 is 5.11 Å². The third kappa shape index (κ3) is 0.920. The highest BCUT2D eigenvalue weighted by Gasteiger charge is 2.09. The summed E-state index contributed by atoms with van der Waals surface area (Å²) in [4.78, 5) is 7.65. The molecule has 1 aliphatic heterocycles. The fraction of sp³-hybridized carbons (Fsp3) is 0.143. The maximum Gasteiger partial charge on any atom is 0.221 e. The van der Waals surface area contributed by atoms with Crippen LogP contribution in [-0.4, -0.2) is 15.1 Å². The Labute approximate surface area is 63.6 Å². The lowest BCUT2D eigenvalue weighted by Crippen LogP contribution is -2.12. The fourth-order valence-corrected chi connectivity index (χ4v) is 1.03. The molecule has 0 saturated heterocycles. The summed E-state index contributed by atoms with van der Waals surface area (Å²) in [6, 6.07) is 0. The van der Waals surface area contributed by atoms with Gasteiger partial charge in [0.25, 0.3) is 0 Å². The van der Waals surface area contributed by atoms with Gasteiger partial charge in [-0.05, 0) is 12.3 Å². The van der Waals surface area contributed by atoms with Gasteiger partial charge < -0.3 is 10.4 Å². The molecule has 56 valence electrons. The molecule has 0 saturated carbocycles.